The minimum atomic E-state index is -0.221. The molecule has 7 nitrogen and oxygen atoms in total. The van der Waals surface area contributed by atoms with Gasteiger partial charge in [0.05, 0.1) is 24.5 Å². The molecule has 0 bridgehead atoms. The molecular formula is C28H39ClFN5O2. The van der Waals surface area contributed by atoms with Crippen LogP contribution in [0.2, 0.25) is 5.02 Å². The van der Waals surface area contributed by atoms with Crippen LogP contribution in [0.1, 0.15) is 62.6 Å². The molecule has 2 N–H and O–H groups in total. The largest absolute Gasteiger partial charge is 0.382 e. The van der Waals surface area contributed by atoms with E-state index < -0.39 is 0 Å². The van der Waals surface area contributed by atoms with Crippen molar-refractivity contribution >= 4 is 17.3 Å². The Labute approximate surface area is 223 Å². The van der Waals surface area contributed by atoms with E-state index in [-0.39, 0.29) is 28.5 Å². The molecule has 1 aliphatic carbocycles. The number of aromatic nitrogens is 2. The van der Waals surface area contributed by atoms with Gasteiger partial charge in [0.2, 0.25) is 0 Å². The van der Waals surface area contributed by atoms with Crippen LogP contribution in [0.4, 0.5) is 10.1 Å². The van der Waals surface area contributed by atoms with Crippen LogP contribution in [0.15, 0.2) is 35.3 Å². The maximum absolute atomic E-state index is 13.6. The maximum atomic E-state index is 13.6. The Kier molecular flexibility index (Phi) is 8.80. The van der Waals surface area contributed by atoms with Crippen molar-refractivity contribution < 1.29 is 9.13 Å². The first-order valence-electron chi connectivity index (χ1n) is 13.8. The van der Waals surface area contributed by atoms with E-state index in [0.717, 1.165) is 83.4 Å². The number of nitrogens with one attached hydrogen (secondary N) is 2. The molecule has 2 aliphatic heterocycles. The van der Waals surface area contributed by atoms with Gasteiger partial charge in [0.15, 0.2) is 0 Å². The van der Waals surface area contributed by atoms with E-state index in [1.807, 2.05) is 12.1 Å². The first-order chi connectivity index (χ1) is 18.0. The van der Waals surface area contributed by atoms with Crippen molar-refractivity contribution in [2.45, 2.75) is 63.1 Å². The molecule has 0 amide bonds. The SMILES string of the molecule is CN1CC[C@H]([C@@H](NC2CCC(n3ncc(NC[C@H]4CCCOC4)c(Cl)c3=O)CC2)c2ccc(F)cc2)C1. The van der Waals surface area contributed by atoms with Gasteiger partial charge in [0.1, 0.15) is 10.8 Å². The number of anilines is 1. The number of rotatable bonds is 8. The second-order valence-corrected chi connectivity index (χ2v) is 11.5. The highest BCUT2D eigenvalue weighted by molar-refractivity contribution is 6.32. The molecule has 2 aromatic rings. The van der Waals surface area contributed by atoms with Gasteiger partial charge in [-0.25, -0.2) is 9.07 Å². The van der Waals surface area contributed by atoms with Crippen LogP contribution in [0.3, 0.4) is 0 Å². The highest BCUT2D eigenvalue weighted by atomic mass is 35.5. The molecule has 37 heavy (non-hydrogen) atoms. The summed E-state index contributed by atoms with van der Waals surface area (Å²) in [6, 6.07) is 7.54. The van der Waals surface area contributed by atoms with Crippen molar-refractivity contribution in [2.24, 2.45) is 11.8 Å². The molecule has 2 saturated heterocycles. The molecule has 0 unspecified atom stereocenters. The number of ether oxygens (including phenoxy) is 1. The third-order valence-corrected chi connectivity index (χ3v) is 8.73. The first kappa shape index (κ1) is 26.6. The molecule has 1 aromatic heterocycles. The van der Waals surface area contributed by atoms with Crippen molar-refractivity contribution in [3.63, 3.8) is 0 Å². The second kappa shape index (κ2) is 12.2. The van der Waals surface area contributed by atoms with Crippen LogP contribution >= 0.6 is 11.6 Å². The van der Waals surface area contributed by atoms with Gasteiger partial charge in [-0.2, -0.15) is 5.10 Å². The Morgan fingerprint density at radius 1 is 1.16 bits per heavy atom. The van der Waals surface area contributed by atoms with Crippen LogP contribution in [0, 0.1) is 17.7 Å². The number of nitrogens with zero attached hydrogens (tertiary/aromatic N) is 3. The number of halogens is 2. The molecule has 3 fully saturated rings. The fraction of sp³-hybridized carbons (Fsp3) is 0.643. The van der Waals surface area contributed by atoms with Crippen molar-refractivity contribution in [3.8, 4) is 0 Å². The zero-order valence-corrected chi connectivity index (χ0v) is 22.4. The number of hydrogen-bond donors (Lipinski definition) is 2. The summed E-state index contributed by atoms with van der Waals surface area (Å²) in [4.78, 5) is 15.4. The summed E-state index contributed by atoms with van der Waals surface area (Å²) in [5.41, 5.74) is 1.53. The summed E-state index contributed by atoms with van der Waals surface area (Å²) in [6.07, 6.45) is 8.66. The molecule has 3 aliphatic rings. The van der Waals surface area contributed by atoms with Gasteiger partial charge in [-0.1, -0.05) is 23.7 Å². The van der Waals surface area contributed by atoms with Gasteiger partial charge in [-0.3, -0.25) is 4.79 Å². The fourth-order valence-corrected chi connectivity index (χ4v) is 6.41. The molecule has 1 aromatic carbocycles. The fourth-order valence-electron chi connectivity index (χ4n) is 6.21. The van der Waals surface area contributed by atoms with Gasteiger partial charge in [-0.05, 0) is 88.1 Å². The third-order valence-electron chi connectivity index (χ3n) is 8.37. The average molecular weight is 532 g/mol. The Morgan fingerprint density at radius 2 is 1.95 bits per heavy atom. The van der Waals surface area contributed by atoms with Gasteiger partial charge < -0.3 is 20.3 Å². The highest BCUT2D eigenvalue weighted by Crippen LogP contribution is 2.34. The quantitative estimate of drug-likeness (QED) is 0.517. The Hall–Kier alpha value is -2.00. The average Bonchev–Trinajstić information content (AvgIpc) is 3.36. The summed E-state index contributed by atoms with van der Waals surface area (Å²) in [6.45, 7) is 4.43. The Bertz CT molecular complexity index is 1080. The minimum absolute atomic E-state index is 0.0470. The summed E-state index contributed by atoms with van der Waals surface area (Å²) >= 11 is 6.49. The minimum Gasteiger partial charge on any atom is -0.382 e. The van der Waals surface area contributed by atoms with Crippen molar-refractivity contribution in [2.75, 3.05) is 45.2 Å². The van der Waals surface area contributed by atoms with E-state index in [1.54, 1.807) is 23.0 Å². The Balaban J connectivity index is 1.20. The Morgan fingerprint density at radius 3 is 2.62 bits per heavy atom. The molecule has 5 rings (SSSR count). The lowest BCUT2D eigenvalue weighted by Gasteiger charge is -2.35. The van der Waals surface area contributed by atoms with Crippen LogP contribution < -0.4 is 16.2 Å². The topological polar surface area (TPSA) is 71.4 Å². The third kappa shape index (κ3) is 6.53. The lowest BCUT2D eigenvalue weighted by molar-refractivity contribution is 0.0595. The summed E-state index contributed by atoms with van der Waals surface area (Å²) in [7, 11) is 2.16. The second-order valence-electron chi connectivity index (χ2n) is 11.1. The van der Waals surface area contributed by atoms with Gasteiger partial charge in [0.25, 0.3) is 5.56 Å². The van der Waals surface area contributed by atoms with E-state index in [2.05, 4.69) is 27.7 Å². The molecule has 1 saturated carbocycles. The van der Waals surface area contributed by atoms with Crippen LogP contribution in [0.25, 0.3) is 0 Å². The van der Waals surface area contributed by atoms with Gasteiger partial charge in [-0.15, -0.1) is 0 Å². The van der Waals surface area contributed by atoms with E-state index in [4.69, 9.17) is 16.3 Å². The van der Waals surface area contributed by atoms with Crippen molar-refractivity contribution in [3.05, 3.63) is 57.2 Å². The van der Waals surface area contributed by atoms with E-state index >= 15 is 0 Å². The van der Waals surface area contributed by atoms with E-state index in [9.17, 15) is 9.18 Å². The standard InChI is InChI=1S/C28H39ClFN5O2/c1-34-13-12-21(17-34)27(20-4-6-22(30)7-5-20)33-23-8-10-24(11-9-23)35-28(36)26(29)25(16-32-35)31-15-19-3-2-14-37-18-19/h4-7,16,19,21,23-24,27,31,33H,2-3,8-15,17-18H2,1H3/t19-,21+,23?,24?,27+/m1/s1. The zero-order valence-electron chi connectivity index (χ0n) is 21.7. The maximum Gasteiger partial charge on any atom is 0.287 e. The predicted molar refractivity (Wildman–Crippen MR) is 145 cm³/mol. The van der Waals surface area contributed by atoms with Gasteiger partial charge >= 0.3 is 0 Å². The van der Waals surface area contributed by atoms with E-state index in [0.29, 0.717) is 23.6 Å². The lowest BCUT2D eigenvalue weighted by Crippen LogP contribution is -2.41. The number of likely N-dealkylation sites (tertiary alicyclic amines) is 1. The zero-order chi connectivity index (χ0) is 25.8. The number of benzene rings is 1. The smallest absolute Gasteiger partial charge is 0.287 e. The highest BCUT2D eigenvalue weighted by Gasteiger charge is 2.32. The molecule has 202 valence electrons. The predicted octanol–water partition coefficient (Wildman–Crippen LogP) is 4.64. The van der Waals surface area contributed by atoms with Crippen molar-refractivity contribution in [1.82, 2.24) is 20.0 Å². The van der Waals surface area contributed by atoms with Gasteiger partial charge in [0, 0.05) is 31.8 Å². The normalized spacial score (nSPS) is 27.8. The van der Waals surface area contributed by atoms with E-state index in [1.165, 1.54) is 0 Å². The van der Waals surface area contributed by atoms with Crippen LogP contribution in [0.5, 0.6) is 0 Å². The summed E-state index contributed by atoms with van der Waals surface area (Å²) in [5.74, 6) is 0.724. The molecular weight excluding hydrogens is 493 g/mol. The molecule has 0 radical (unpaired) electrons. The summed E-state index contributed by atoms with van der Waals surface area (Å²) in [5, 5.41) is 11.9. The first-order valence-corrected chi connectivity index (χ1v) is 14.1. The molecule has 0 spiro atoms. The molecule has 3 atom stereocenters. The monoisotopic (exact) mass is 531 g/mol. The number of hydrogen-bond acceptors (Lipinski definition) is 6. The van der Waals surface area contributed by atoms with Crippen LogP contribution in [-0.2, 0) is 4.74 Å². The molecule has 3 heterocycles. The summed E-state index contributed by atoms with van der Waals surface area (Å²) < 4.78 is 20.7. The lowest BCUT2D eigenvalue weighted by atomic mass is 9.87. The van der Waals surface area contributed by atoms with Crippen LogP contribution in [-0.4, -0.2) is 60.6 Å². The van der Waals surface area contributed by atoms with Crippen molar-refractivity contribution in [1.29, 1.82) is 0 Å². The molecule has 9 heteroatoms.